The van der Waals surface area contributed by atoms with E-state index in [0.29, 0.717) is 18.1 Å². The maximum absolute atomic E-state index is 12.6. The van der Waals surface area contributed by atoms with Gasteiger partial charge in [-0.15, -0.1) is 0 Å². The summed E-state index contributed by atoms with van der Waals surface area (Å²) in [4.78, 5) is 21.4. The number of nitrogens with zero attached hydrogens (tertiary/aromatic N) is 4. The van der Waals surface area contributed by atoms with Gasteiger partial charge in [-0.2, -0.15) is 0 Å². The van der Waals surface area contributed by atoms with Crippen LogP contribution in [-0.4, -0.2) is 56.8 Å². The first kappa shape index (κ1) is 18.2. The van der Waals surface area contributed by atoms with Crippen LogP contribution in [0.4, 0.5) is 0 Å². The molecule has 2 aromatic heterocycles. The van der Waals surface area contributed by atoms with Crippen LogP contribution >= 0.6 is 11.6 Å². The molecule has 1 atom stereocenters. The molecule has 0 spiro atoms. The Morgan fingerprint density at radius 3 is 2.68 bits per heavy atom. The van der Waals surface area contributed by atoms with E-state index in [0.717, 1.165) is 43.8 Å². The minimum atomic E-state index is -0.752. The van der Waals surface area contributed by atoms with Crippen LogP contribution in [0.1, 0.15) is 32.4 Å². The van der Waals surface area contributed by atoms with Crippen LogP contribution in [0.5, 0.6) is 0 Å². The summed E-state index contributed by atoms with van der Waals surface area (Å²) < 4.78 is 1.95. The summed E-state index contributed by atoms with van der Waals surface area (Å²) >= 11 is 6.02. The van der Waals surface area contributed by atoms with Crippen LogP contribution in [0.25, 0.3) is 5.65 Å². The van der Waals surface area contributed by atoms with Crippen molar-refractivity contribution in [2.24, 2.45) is 5.73 Å². The zero-order valence-corrected chi connectivity index (χ0v) is 15.7. The normalized spacial score (nSPS) is 18.5. The van der Waals surface area contributed by atoms with Gasteiger partial charge in [0.25, 0.3) is 0 Å². The van der Waals surface area contributed by atoms with Gasteiger partial charge < -0.3 is 15.0 Å². The number of nitrogens with two attached hydrogens (primary N) is 1. The fourth-order valence-corrected chi connectivity index (χ4v) is 3.59. The molecule has 136 valence electrons. The first-order valence-electron chi connectivity index (χ1n) is 8.83. The Labute approximate surface area is 153 Å². The second kappa shape index (κ2) is 7.32. The Morgan fingerprint density at radius 2 is 2.00 bits per heavy atom. The van der Waals surface area contributed by atoms with E-state index in [1.165, 1.54) is 0 Å². The molecule has 6 nitrogen and oxygen atoms in total. The molecule has 25 heavy (non-hydrogen) atoms. The summed E-state index contributed by atoms with van der Waals surface area (Å²) in [6.45, 7) is 7.77. The molecular formula is C18H26ClN5O. The number of halogens is 1. The van der Waals surface area contributed by atoms with Crippen molar-refractivity contribution in [3.8, 4) is 0 Å². The molecule has 0 aromatic carbocycles. The van der Waals surface area contributed by atoms with Gasteiger partial charge in [-0.25, -0.2) is 4.98 Å². The average molecular weight is 364 g/mol. The maximum atomic E-state index is 12.6. The molecule has 0 bridgehead atoms. The van der Waals surface area contributed by atoms with Gasteiger partial charge in [0.2, 0.25) is 5.91 Å². The lowest BCUT2D eigenvalue weighted by atomic mass is 9.95. The number of piperazine rings is 1. The standard InChI is InChI=1S/C18H26ClN5O/c1-3-6-18(2,20)17(25)23-9-7-22(8-10-23)12-15-13-24-11-14(19)4-5-16(24)21-15/h4-5,11,13H,3,6-10,12,20H2,1-2H3. The molecular weight excluding hydrogens is 338 g/mol. The highest BCUT2D eigenvalue weighted by Crippen LogP contribution is 2.17. The fraction of sp³-hybridized carbons (Fsp3) is 0.556. The average Bonchev–Trinajstić information content (AvgIpc) is 2.96. The topological polar surface area (TPSA) is 66.9 Å². The SMILES string of the molecule is CCCC(C)(N)C(=O)N1CCN(Cc2cn3cc(Cl)ccc3n2)CC1. The molecule has 1 amide bonds. The summed E-state index contributed by atoms with van der Waals surface area (Å²) in [6, 6.07) is 3.76. The van der Waals surface area contributed by atoms with E-state index in [9.17, 15) is 4.79 Å². The Morgan fingerprint density at radius 1 is 1.28 bits per heavy atom. The van der Waals surface area contributed by atoms with Gasteiger partial charge in [0.15, 0.2) is 0 Å². The predicted octanol–water partition coefficient (Wildman–Crippen LogP) is 2.15. The summed E-state index contributed by atoms with van der Waals surface area (Å²) in [7, 11) is 0. The first-order chi connectivity index (χ1) is 11.9. The van der Waals surface area contributed by atoms with Crippen molar-refractivity contribution < 1.29 is 4.79 Å². The van der Waals surface area contributed by atoms with E-state index in [-0.39, 0.29) is 5.91 Å². The number of aromatic nitrogens is 2. The van der Waals surface area contributed by atoms with Gasteiger partial charge in [-0.3, -0.25) is 9.69 Å². The van der Waals surface area contributed by atoms with Gasteiger partial charge in [0, 0.05) is 45.1 Å². The molecule has 1 fully saturated rings. The number of pyridine rings is 1. The van der Waals surface area contributed by atoms with Crippen molar-refractivity contribution in [3.05, 3.63) is 35.2 Å². The van der Waals surface area contributed by atoms with Crippen molar-refractivity contribution in [3.63, 3.8) is 0 Å². The highest BCUT2D eigenvalue weighted by molar-refractivity contribution is 6.30. The van der Waals surface area contributed by atoms with Crippen LogP contribution in [-0.2, 0) is 11.3 Å². The Balaban J connectivity index is 1.57. The molecule has 3 rings (SSSR count). The monoisotopic (exact) mass is 363 g/mol. The smallest absolute Gasteiger partial charge is 0.242 e. The van der Waals surface area contributed by atoms with Crippen LogP contribution in [0.3, 0.4) is 0 Å². The third-order valence-corrected chi connectivity index (χ3v) is 4.99. The minimum absolute atomic E-state index is 0.0661. The molecule has 1 saturated heterocycles. The molecule has 0 aliphatic carbocycles. The zero-order chi connectivity index (χ0) is 18.0. The van der Waals surface area contributed by atoms with Crippen LogP contribution in [0, 0.1) is 0 Å². The van der Waals surface area contributed by atoms with Crippen LogP contribution < -0.4 is 5.73 Å². The summed E-state index contributed by atoms with van der Waals surface area (Å²) in [6.07, 6.45) is 5.50. The number of amides is 1. The highest BCUT2D eigenvalue weighted by atomic mass is 35.5. The molecule has 1 aliphatic heterocycles. The largest absolute Gasteiger partial charge is 0.339 e. The second-order valence-corrected chi connectivity index (χ2v) is 7.52. The molecule has 1 unspecified atom stereocenters. The Hall–Kier alpha value is -1.63. The third-order valence-electron chi connectivity index (χ3n) is 4.77. The Bertz CT molecular complexity index is 749. The van der Waals surface area contributed by atoms with Crippen LogP contribution in [0.15, 0.2) is 24.5 Å². The summed E-state index contributed by atoms with van der Waals surface area (Å²) in [5, 5.41) is 0.695. The number of fused-ring (bicyclic) bond motifs is 1. The number of carbonyl (C=O) groups is 1. The molecule has 3 heterocycles. The van der Waals surface area contributed by atoms with Gasteiger partial charge in [0.1, 0.15) is 5.65 Å². The zero-order valence-electron chi connectivity index (χ0n) is 14.9. The highest BCUT2D eigenvalue weighted by Gasteiger charge is 2.33. The van der Waals surface area contributed by atoms with E-state index in [1.807, 2.05) is 40.8 Å². The quantitative estimate of drug-likeness (QED) is 0.883. The van der Waals surface area contributed by atoms with Gasteiger partial charge in [-0.05, 0) is 25.5 Å². The lowest BCUT2D eigenvalue weighted by molar-refractivity contribution is -0.138. The summed E-state index contributed by atoms with van der Waals surface area (Å²) in [5.74, 6) is 0.0661. The lowest BCUT2D eigenvalue weighted by Gasteiger charge is -2.38. The molecule has 7 heteroatoms. The van der Waals surface area contributed by atoms with E-state index < -0.39 is 5.54 Å². The lowest BCUT2D eigenvalue weighted by Crippen LogP contribution is -2.58. The van der Waals surface area contributed by atoms with E-state index >= 15 is 0 Å². The summed E-state index contributed by atoms with van der Waals surface area (Å²) in [5.41, 5.74) is 7.34. The van der Waals surface area contributed by atoms with Gasteiger partial charge in [-0.1, -0.05) is 24.9 Å². The number of hydrogen-bond acceptors (Lipinski definition) is 4. The molecule has 0 radical (unpaired) electrons. The number of hydrogen-bond donors (Lipinski definition) is 1. The fourth-order valence-electron chi connectivity index (χ4n) is 3.42. The van der Waals surface area contributed by atoms with E-state index in [4.69, 9.17) is 17.3 Å². The second-order valence-electron chi connectivity index (χ2n) is 7.08. The number of imidazole rings is 1. The maximum Gasteiger partial charge on any atom is 0.242 e. The molecule has 2 aromatic rings. The number of rotatable bonds is 5. The number of carbonyl (C=O) groups excluding carboxylic acids is 1. The van der Waals surface area contributed by atoms with Crippen molar-refractivity contribution in [2.75, 3.05) is 26.2 Å². The third kappa shape index (κ3) is 4.14. The Kier molecular flexibility index (Phi) is 5.32. The van der Waals surface area contributed by atoms with E-state index in [1.54, 1.807) is 0 Å². The molecule has 0 saturated carbocycles. The van der Waals surface area contributed by atoms with Crippen molar-refractivity contribution in [1.82, 2.24) is 19.2 Å². The van der Waals surface area contributed by atoms with Gasteiger partial charge >= 0.3 is 0 Å². The first-order valence-corrected chi connectivity index (χ1v) is 9.20. The van der Waals surface area contributed by atoms with Crippen molar-refractivity contribution >= 4 is 23.2 Å². The predicted molar refractivity (Wildman–Crippen MR) is 99.6 cm³/mol. The van der Waals surface area contributed by atoms with Crippen molar-refractivity contribution in [1.29, 1.82) is 0 Å². The minimum Gasteiger partial charge on any atom is -0.339 e. The van der Waals surface area contributed by atoms with Crippen molar-refractivity contribution in [2.45, 2.75) is 38.8 Å². The molecule has 2 N–H and O–H groups in total. The van der Waals surface area contributed by atoms with Crippen LogP contribution in [0.2, 0.25) is 5.02 Å². The van der Waals surface area contributed by atoms with E-state index in [2.05, 4.69) is 16.8 Å². The molecule has 1 aliphatic rings. The van der Waals surface area contributed by atoms with Gasteiger partial charge in [0.05, 0.1) is 16.3 Å².